The monoisotopic (exact) mass is 350 g/mol. The van der Waals surface area contributed by atoms with Gasteiger partial charge in [0.1, 0.15) is 16.1 Å². The number of nitrogens with zero attached hydrogens (tertiary/aromatic N) is 2. The molecule has 0 aliphatic rings. The first-order valence-corrected chi connectivity index (χ1v) is 7.55. The number of allylic oxidation sites excluding steroid dienone is 1. The van der Waals surface area contributed by atoms with Crippen molar-refractivity contribution in [3.05, 3.63) is 40.1 Å². The van der Waals surface area contributed by atoms with E-state index in [1.54, 1.807) is 7.11 Å². The Morgan fingerprint density at radius 2 is 1.95 bits per heavy atom. The lowest BCUT2D eigenvalue weighted by Crippen LogP contribution is -2.01. The normalized spacial score (nSPS) is 10.3. The molecule has 0 fully saturated rings. The third kappa shape index (κ3) is 3.88. The Kier molecular flexibility index (Phi) is 5.07. The first-order valence-electron chi connectivity index (χ1n) is 6.76. The van der Waals surface area contributed by atoms with Gasteiger partial charge < -0.3 is 9.47 Å². The fourth-order valence-corrected chi connectivity index (χ4v) is 2.41. The largest absolute Gasteiger partial charge is 0.497 e. The van der Waals surface area contributed by atoms with Gasteiger partial charge in [0.05, 0.1) is 25.1 Å². The van der Waals surface area contributed by atoms with Gasteiger partial charge in [-0.3, -0.25) is 0 Å². The Balaban J connectivity index is 2.55. The fourth-order valence-electron chi connectivity index (χ4n) is 2.02. The van der Waals surface area contributed by atoms with Crippen LogP contribution in [0.2, 0.25) is 0 Å². The molecule has 0 N–H and O–H groups in total. The van der Waals surface area contributed by atoms with Crippen LogP contribution in [0, 0.1) is 0 Å². The molecular formula is C16H19BrN2O2. The lowest BCUT2D eigenvalue weighted by atomic mass is 10.2. The summed E-state index contributed by atoms with van der Waals surface area (Å²) >= 11 is 3.43. The van der Waals surface area contributed by atoms with Crippen LogP contribution in [-0.2, 0) is 0 Å². The molecule has 0 unspecified atom stereocenters. The van der Waals surface area contributed by atoms with Crippen molar-refractivity contribution in [2.45, 2.75) is 20.8 Å². The smallest absolute Gasteiger partial charge is 0.129 e. The van der Waals surface area contributed by atoms with Crippen LogP contribution in [0.25, 0.3) is 11.8 Å². The highest BCUT2D eigenvalue weighted by molar-refractivity contribution is 9.10. The second kappa shape index (κ2) is 6.80. The van der Waals surface area contributed by atoms with Gasteiger partial charge in [0.25, 0.3) is 0 Å². The molecule has 0 saturated carbocycles. The van der Waals surface area contributed by atoms with E-state index in [4.69, 9.17) is 9.47 Å². The molecule has 0 aliphatic carbocycles. The maximum absolute atomic E-state index is 5.59. The number of methoxy groups -OCH3 is 1. The van der Waals surface area contributed by atoms with Crippen molar-refractivity contribution in [1.82, 2.24) is 9.78 Å². The zero-order valence-electron chi connectivity index (χ0n) is 12.7. The SMILES string of the molecule is CCOc1cc(OC)cc(-n2nc(Br)cc2C=C(C)C)c1. The van der Waals surface area contributed by atoms with E-state index in [0.29, 0.717) is 6.61 Å². The van der Waals surface area contributed by atoms with Crippen molar-refractivity contribution in [1.29, 1.82) is 0 Å². The predicted molar refractivity (Wildman–Crippen MR) is 88.3 cm³/mol. The number of rotatable bonds is 5. The summed E-state index contributed by atoms with van der Waals surface area (Å²) in [7, 11) is 1.64. The lowest BCUT2D eigenvalue weighted by Gasteiger charge is -2.11. The first-order chi connectivity index (χ1) is 10.0. The summed E-state index contributed by atoms with van der Waals surface area (Å²) in [6.07, 6.45) is 2.08. The molecule has 1 aromatic heterocycles. The van der Waals surface area contributed by atoms with Gasteiger partial charge >= 0.3 is 0 Å². The van der Waals surface area contributed by atoms with E-state index in [9.17, 15) is 0 Å². The topological polar surface area (TPSA) is 36.3 Å². The molecule has 0 atom stereocenters. The summed E-state index contributed by atoms with van der Waals surface area (Å²) in [4.78, 5) is 0. The average molecular weight is 351 g/mol. The van der Waals surface area contributed by atoms with E-state index < -0.39 is 0 Å². The molecule has 112 valence electrons. The standard InChI is InChI=1S/C16H19BrN2O2/c1-5-21-15-8-13(7-14(10-15)20-4)19-12(6-11(2)3)9-16(17)18-19/h6-10H,5H2,1-4H3. The van der Waals surface area contributed by atoms with Crippen LogP contribution < -0.4 is 9.47 Å². The Bertz CT molecular complexity index is 658. The molecule has 0 spiro atoms. The summed E-state index contributed by atoms with van der Waals surface area (Å²) < 4.78 is 13.6. The molecule has 2 rings (SSSR count). The van der Waals surface area contributed by atoms with E-state index >= 15 is 0 Å². The molecule has 0 bridgehead atoms. The quantitative estimate of drug-likeness (QED) is 0.798. The first kappa shape index (κ1) is 15.6. The maximum atomic E-state index is 5.59. The Morgan fingerprint density at radius 1 is 1.24 bits per heavy atom. The molecule has 4 nitrogen and oxygen atoms in total. The molecule has 5 heteroatoms. The highest BCUT2D eigenvalue weighted by Crippen LogP contribution is 2.27. The highest BCUT2D eigenvalue weighted by atomic mass is 79.9. The minimum atomic E-state index is 0.607. The van der Waals surface area contributed by atoms with Gasteiger partial charge in [0, 0.05) is 18.2 Å². The van der Waals surface area contributed by atoms with Crippen LogP contribution in [0.15, 0.2) is 34.4 Å². The number of aromatic nitrogens is 2. The van der Waals surface area contributed by atoms with Crippen LogP contribution in [0.5, 0.6) is 11.5 Å². The number of benzene rings is 1. The van der Waals surface area contributed by atoms with Crippen molar-refractivity contribution < 1.29 is 9.47 Å². The molecule has 1 heterocycles. The molecular weight excluding hydrogens is 332 g/mol. The Morgan fingerprint density at radius 3 is 2.57 bits per heavy atom. The third-order valence-corrected chi connectivity index (χ3v) is 3.19. The lowest BCUT2D eigenvalue weighted by molar-refractivity contribution is 0.336. The molecule has 1 aromatic carbocycles. The van der Waals surface area contributed by atoms with Gasteiger partial charge in [-0.15, -0.1) is 0 Å². The Labute approximate surface area is 133 Å². The minimum absolute atomic E-state index is 0.607. The number of halogens is 1. The summed E-state index contributed by atoms with van der Waals surface area (Å²) in [5.41, 5.74) is 3.10. The summed E-state index contributed by atoms with van der Waals surface area (Å²) in [5.74, 6) is 1.51. The van der Waals surface area contributed by atoms with Crippen molar-refractivity contribution in [3.8, 4) is 17.2 Å². The van der Waals surface area contributed by atoms with Crippen molar-refractivity contribution >= 4 is 22.0 Å². The zero-order valence-corrected chi connectivity index (χ0v) is 14.3. The summed E-state index contributed by atoms with van der Waals surface area (Å²) in [5, 5.41) is 4.49. The van der Waals surface area contributed by atoms with Crippen LogP contribution in [0.3, 0.4) is 0 Å². The molecule has 0 saturated heterocycles. The second-order valence-electron chi connectivity index (χ2n) is 4.83. The van der Waals surface area contributed by atoms with Gasteiger partial charge in [-0.25, -0.2) is 4.68 Å². The van der Waals surface area contributed by atoms with Gasteiger partial charge in [-0.1, -0.05) is 5.57 Å². The third-order valence-electron chi connectivity index (χ3n) is 2.80. The van der Waals surface area contributed by atoms with E-state index in [-0.39, 0.29) is 0 Å². The summed E-state index contributed by atoms with van der Waals surface area (Å²) in [6, 6.07) is 7.73. The highest BCUT2D eigenvalue weighted by Gasteiger charge is 2.10. The zero-order chi connectivity index (χ0) is 15.4. The molecule has 0 amide bonds. The van der Waals surface area contributed by atoms with Crippen LogP contribution in [-0.4, -0.2) is 23.5 Å². The minimum Gasteiger partial charge on any atom is -0.497 e. The number of hydrogen-bond donors (Lipinski definition) is 0. The Hall–Kier alpha value is -1.75. The van der Waals surface area contributed by atoms with Gasteiger partial charge in [0.15, 0.2) is 0 Å². The van der Waals surface area contributed by atoms with E-state index in [0.717, 1.165) is 27.5 Å². The predicted octanol–water partition coefficient (Wildman–Crippen LogP) is 4.47. The van der Waals surface area contributed by atoms with E-state index in [1.165, 1.54) is 5.57 Å². The van der Waals surface area contributed by atoms with Crippen LogP contribution in [0.4, 0.5) is 0 Å². The van der Waals surface area contributed by atoms with Crippen molar-refractivity contribution in [2.75, 3.05) is 13.7 Å². The van der Waals surface area contributed by atoms with Crippen molar-refractivity contribution in [2.24, 2.45) is 0 Å². The van der Waals surface area contributed by atoms with Gasteiger partial charge in [-0.2, -0.15) is 5.10 Å². The van der Waals surface area contributed by atoms with E-state index in [1.807, 2.05) is 35.9 Å². The van der Waals surface area contributed by atoms with Crippen LogP contribution in [0.1, 0.15) is 26.5 Å². The average Bonchev–Trinajstić information content (AvgIpc) is 2.78. The van der Waals surface area contributed by atoms with Crippen LogP contribution >= 0.6 is 15.9 Å². The molecule has 0 radical (unpaired) electrons. The van der Waals surface area contributed by atoms with E-state index in [2.05, 4.69) is 41.0 Å². The maximum Gasteiger partial charge on any atom is 0.129 e. The second-order valence-corrected chi connectivity index (χ2v) is 5.64. The molecule has 2 aromatic rings. The van der Waals surface area contributed by atoms with Crippen molar-refractivity contribution in [3.63, 3.8) is 0 Å². The van der Waals surface area contributed by atoms with Gasteiger partial charge in [-0.05, 0) is 48.8 Å². The number of ether oxygens (including phenoxy) is 2. The summed E-state index contributed by atoms with van der Waals surface area (Å²) in [6.45, 7) is 6.68. The van der Waals surface area contributed by atoms with Gasteiger partial charge in [0.2, 0.25) is 0 Å². The molecule has 21 heavy (non-hydrogen) atoms. The number of hydrogen-bond acceptors (Lipinski definition) is 3. The fraction of sp³-hybridized carbons (Fsp3) is 0.312. The molecule has 0 aliphatic heterocycles.